The van der Waals surface area contributed by atoms with Crippen LogP contribution in [0.2, 0.25) is 0 Å². The van der Waals surface area contributed by atoms with Crippen molar-refractivity contribution in [2.24, 2.45) is 22.4 Å². The second-order valence-electron chi connectivity index (χ2n) is 10.0. The van der Waals surface area contributed by atoms with E-state index < -0.39 is 4.92 Å². The maximum atomic E-state index is 11.3. The predicted octanol–water partition coefficient (Wildman–Crippen LogP) is 4.90. The molecule has 2 fully saturated rings. The zero-order valence-electron chi connectivity index (χ0n) is 19.4. The van der Waals surface area contributed by atoms with Crippen LogP contribution < -0.4 is 4.74 Å². The fourth-order valence-electron chi connectivity index (χ4n) is 6.65. The molecule has 5 rings (SSSR count). The van der Waals surface area contributed by atoms with Crippen LogP contribution in [0, 0.1) is 27.4 Å². The molecule has 0 amide bonds. The molecule has 0 spiro atoms. The first kappa shape index (κ1) is 22.7. The summed E-state index contributed by atoms with van der Waals surface area (Å²) < 4.78 is 5.40. The molecule has 2 aromatic carbocycles. The summed E-state index contributed by atoms with van der Waals surface area (Å²) >= 11 is 0. The summed E-state index contributed by atoms with van der Waals surface area (Å²) in [6.45, 7) is 2.19. The lowest BCUT2D eigenvalue weighted by molar-refractivity contribution is -0.386. The highest BCUT2D eigenvalue weighted by molar-refractivity contribution is 6.03. The zero-order valence-corrected chi connectivity index (χ0v) is 19.4. The van der Waals surface area contributed by atoms with E-state index in [2.05, 4.69) is 12.1 Å². The highest BCUT2D eigenvalue weighted by Crippen LogP contribution is 2.61. The third-order valence-corrected chi connectivity index (χ3v) is 8.46. The van der Waals surface area contributed by atoms with Gasteiger partial charge in [-0.25, -0.2) is 0 Å². The molecule has 0 aromatic heterocycles. The predicted molar refractivity (Wildman–Crippen MR) is 126 cm³/mol. The molecule has 0 heterocycles. The van der Waals surface area contributed by atoms with E-state index >= 15 is 0 Å². The molecule has 3 aliphatic rings. The Balaban J connectivity index is 1.50. The highest BCUT2D eigenvalue weighted by atomic mass is 16.6. The molecule has 1 unspecified atom stereocenters. The van der Waals surface area contributed by atoms with Crippen molar-refractivity contribution >= 4 is 11.4 Å². The number of fused-ring (bicyclic) bond motifs is 5. The van der Waals surface area contributed by atoms with Crippen LogP contribution in [-0.2, 0) is 11.4 Å². The van der Waals surface area contributed by atoms with Crippen LogP contribution in [0.4, 0.5) is 5.69 Å². The Morgan fingerprint density at radius 3 is 2.79 bits per heavy atom. The summed E-state index contributed by atoms with van der Waals surface area (Å²) in [6, 6.07) is 10.1. The Kier molecular flexibility index (Phi) is 5.72. The largest absolute Gasteiger partial charge is 0.504 e. The third kappa shape index (κ3) is 3.60. The lowest BCUT2D eigenvalue weighted by Crippen LogP contribution is -2.45. The normalized spacial score (nSPS) is 30.9. The Morgan fingerprint density at radius 2 is 2.03 bits per heavy atom. The number of aromatic hydroxyl groups is 1. The molecule has 8 nitrogen and oxygen atoms in total. The topological polar surface area (TPSA) is 114 Å². The van der Waals surface area contributed by atoms with Gasteiger partial charge in [-0.1, -0.05) is 24.2 Å². The van der Waals surface area contributed by atoms with Gasteiger partial charge in [0.2, 0.25) is 0 Å². The van der Waals surface area contributed by atoms with Crippen molar-refractivity contribution in [1.29, 1.82) is 0 Å². The van der Waals surface area contributed by atoms with E-state index in [1.54, 1.807) is 24.3 Å². The van der Waals surface area contributed by atoms with Crippen LogP contribution in [0.5, 0.6) is 11.5 Å². The number of nitro groups is 1. The van der Waals surface area contributed by atoms with Crippen molar-refractivity contribution in [2.45, 2.75) is 57.7 Å². The lowest BCUT2D eigenvalue weighted by Gasteiger charge is -2.50. The summed E-state index contributed by atoms with van der Waals surface area (Å²) in [5.41, 5.74) is 2.99. The smallest absolute Gasteiger partial charge is 0.276 e. The highest BCUT2D eigenvalue weighted by Gasteiger charge is 2.55. The number of methoxy groups -OCH3 is 1. The molecule has 2 N–H and O–H groups in total. The summed E-state index contributed by atoms with van der Waals surface area (Å²) in [5, 5.41) is 37.0. The molecule has 0 radical (unpaired) electrons. The number of nitro benzene ring substituents is 1. The number of aliphatic hydroxyl groups is 1. The fraction of sp³-hybridized carbons (Fsp3) is 0.500. The van der Waals surface area contributed by atoms with Gasteiger partial charge in [0.15, 0.2) is 11.5 Å². The average Bonchev–Trinajstić information content (AvgIpc) is 3.13. The molecule has 3 aliphatic carbocycles. The first-order chi connectivity index (χ1) is 16.3. The number of hydrogen-bond donors (Lipinski definition) is 2. The van der Waals surface area contributed by atoms with Crippen LogP contribution in [0.25, 0.3) is 0 Å². The van der Waals surface area contributed by atoms with Crippen LogP contribution in [0.3, 0.4) is 0 Å². The van der Waals surface area contributed by atoms with E-state index in [-0.39, 0.29) is 29.6 Å². The maximum absolute atomic E-state index is 11.3. The molecule has 8 heteroatoms. The van der Waals surface area contributed by atoms with E-state index in [1.807, 2.05) is 6.07 Å². The van der Waals surface area contributed by atoms with Gasteiger partial charge in [0.05, 0.1) is 29.4 Å². The molecule has 0 saturated heterocycles. The Morgan fingerprint density at radius 1 is 1.24 bits per heavy atom. The lowest BCUT2D eigenvalue weighted by atomic mass is 9.55. The summed E-state index contributed by atoms with van der Waals surface area (Å²) in [5.74, 6) is 1.44. The molecule has 0 bridgehead atoms. The summed E-state index contributed by atoms with van der Waals surface area (Å²) in [4.78, 5) is 16.6. The van der Waals surface area contributed by atoms with Crippen molar-refractivity contribution in [3.63, 3.8) is 0 Å². The number of ether oxygens (including phenoxy) is 1. The minimum absolute atomic E-state index is 0.00261. The monoisotopic (exact) mass is 466 g/mol. The van der Waals surface area contributed by atoms with Crippen molar-refractivity contribution in [2.75, 3.05) is 7.11 Å². The van der Waals surface area contributed by atoms with Gasteiger partial charge in [-0.05, 0) is 79.0 Å². The van der Waals surface area contributed by atoms with Crippen LogP contribution in [0.15, 0.2) is 41.6 Å². The van der Waals surface area contributed by atoms with Crippen molar-refractivity contribution < 1.29 is 24.7 Å². The van der Waals surface area contributed by atoms with Crippen LogP contribution in [-0.4, -0.2) is 34.1 Å². The number of benzene rings is 2. The molecular formula is C26H30N2O6. The molecular weight excluding hydrogens is 436 g/mol. The number of para-hydroxylation sites is 1. The second kappa shape index (κ2) is 8.58. The fourth-order valence-corrected chi connectivity index (χ4v) is 6.65. The first-order valence-electron chi connectivity index (χ1n) is 11.8. The molecule has 2 saturated carbocycles. The summed E-state index contributed by atoms with van der Waals surface area (Å²) in [7, 11) is 1.54. The molecule has 34 heavy (non-hydrogen) atoms. The minimum Gasteiger partial charge on any atom is -0.504 e. The van der Waals surface area contributed by atoms with E-state index in [0.29, 0.717) is 35.5 Å². The van der Waals surface area contributed by atoms with Crippen molar-refractivity contribution in [3.8, 4) is 11.5 Å². The van der Waals surface area contributed by atoms with Crippen LogP contribution >= 0.6 is 0 Å². The number of aliphatic hydroxyl groups excluding tert-OH is 1. The summed E-state index contributed by atoms with van der Waals surface area (Å²) in [6.07, 6.45) is 4.10. The zero-order chi connectivity index (χ0) is 24.0. The molecule has 5 atom stereocenters. The second-order valence-corrected chi connectivity index (χ2v) is 10.0. The Labute approximate surface area is 198 Å². The molecule has 180 valence electrons. The number of nitrogens with zero attached hydrogens (tertiary/aromatic N) is 2. The van der Waals surface area contributed by atoms with Gasteiger partial charge in [-0.3, -0.25) is 10.1 Å². The van der Waals surface area contributed by atoms with E-state index in [9.17, 15) is 20.3 Å². The Hall–Kier alpha value is -3.13. The van der Waals surface area contributed by atoms with Gasteiger partial charge in [-0.15, -0.1) is 0 Å². The van der Waals surface area contributed by atoms with Gasteiger partial charge in [0, 0.05) is 11.6 Å². The number of hydrogen-bond acceptors (Lipinski definition) is 7. The third-order valence-electron chi connectivity index (χ3n) is 8.46. The van der Waals surface area contributed by atoms with Gasteiger partial charge < -0.3 is 19.8 Å². The number of phenolic OH excluding ortho intramolecular Hbond substituents is 1. The maximum Gasteiger partial charge on any atom is 0.276 e. The van der Waals surface area contributed by atoms with Gasteiger partial charge >= 0.3 is 0 Å². The number of phenols is 1. The number of rotatable bonds is 5. The average molecular weight is 467 g/mol. The standard InChI is InChI=1S/C26H30N2O6/c1-26-10-9-16-17-13-24(33-2)23(29)12-19(17)21(11-18(16)20(26)7-8-25(26)30)27-34-14-15-5-3-4-6-22(15)28(31)32/h3-6,12-13,16,18,20,25,29-30H,7-11,14H2,1-2H3/t16-,18-,20+,25?,26+/m1/s1. The van der Waals surface area contributed by atoms with Crippen molar-refractivity contribution in [3.05, 3.63) is 63.2 Å². The van der Waals surface area contributed by atoms with Crippen molar-refractivity contribution in [1.82, 2.24) is 0 Å². The molecule has 2 aromatic rings. The first-order valence-corrected chi connectivity index (χ1v) is 11.8. The SMILES string of the molecule is COc1cc2c(cc1O)C(=NOCc1ccccc1[N+](=O)[O-])C[C@@H]1[C@@H]2CC[C@]2(C)C(O)CC[C@@H]12. The van der Waals surface area contributed by atoms with Crippen LogP contribution in [0.1, 0.15) is 61.6 Å². The van der Waals surface area contributed by atoms with Gasteiger partial charge in [0.1, 0.15) is 6.61 Å². The minimum atomic E-state index is -0.426. The van der Waals surface area contributed by atoms with E-state index in [0.717, 1.165) is 42.5 Å². The molecule has 0 aliphatic heterocycles. The number of oxime groups is 1. The Bertz CT molecular complexity index is 1150. The van der Waals surface area contributed by atoms with Gasteiger partial charge in [0.25, 0.3) is 5.69 Å². The van der Waals surface area contributed by atoms with Gasteiger partial charge in [-0.2, -0.15) is 0 Å². The van der Waals surface area contributed by atoms with E-state index in [1.165, 1.54) is 13.2 Å². The van der Waals surface area contributed by atoms with E-state index in [4.69, 9.17) is 9.57 Å². The quantitative estimate of drug-likeness (QED) is 0.478.